The summed E-state index contributed by atoms with van der Waals surface area (Å²) in [6.07, 6.45) is 5.53. The van der Waals surface area contributed by atoms with E-state index < -0.39 is 0 Å². The zero-order chi connectivity index (χ0) is 22.2. The van der Waals surface area contributed by atoms with Crippen molar-refractivity contribution in [2.24, 2.45) is 5.92 Å². The van der Waals surface area contributed by atoms with Crippen LogP contribution in [0, 0.1) is 5.92 Å². The number of nitrogens with zero attached hydrogens (tertiary/aromatic N) is 2. The summed E-state index contributed by atoms with van der Waals surface area (Å²) in [6, 6.07) is 25.9. The zero-order valence-electron chi connectivity index (χ0n) is 18.9. The van der Waals surface area contributed by atoms with Gasteiger partial charge in [0, 0.05) is 44.0 Å². The first kappa shape index (κ1) is 22.2. The van der Waals surface area contributed by atoms with Crippen molar-refractivity contribution in [3.63, 3.8) is 0 Å². The Morgan fingerprint density at radius 3 is 2.47 bits per heavy atom. The Kier molecular flexibility index (Phi) is 7.68. The molecule has 1 aliphatic heterocycles. The van der Waals surface area contributed by atoms with E-state index in [9.17, 15) is 4.79 Å². The molecule has 2 aromatic carbocycles. The fourth-order valence-electron chi connectivity index (χ4n) is 4.61. The average Bonchev–Trinajstić information content (AvgIpc) is 2.85. The number of piperidine rings is 1. The number of amides is 1. The fourth-order valence-corrected chi connectivity index (χ4v) is 4.61. The minimum Gasteiger partial charge on any atom is -0.355 e. The maximum absolute atomic E-state index is 13.0. The van der Waals surface area contributed by atoms with E-state index >= 15 is 0 Å². The minimum absolute atomic E-state index is 0.0219. The first-order valence-electron chi connectivity index (χ1n) is 11.8. The summed E-state index contributed by atoms with van der Waals surface area (Å²) < 4.78 is 0. The SMILES string of the molecule is CCc1ccc([C@H]2CC[C@@H](C(=O)NCCc3ccccn3)CN2Cc2ccccc2)cc1. The van der Waals surface area contributed by atoms with Gasteiger partial charge in [-0.25, -0.2) is 0 Å². The fraction of sp³-hybridized carbons (Fsp3) is 0.357. The van der Waals surface area contributed by atoms with Crippen molar-refractivity contribution in [3.8, 4) is 0 Å². The van der Waals surface area contributed by atoms with Crippen LogP contribution in [0.2, 0.25) is 0 Å². The summed E-state index contributed by atoms with van der Waals surface area (Å²) in [5.74, 6) is 0.187. The zero-order valence-corrected chi connectivity index (χ0v) is 18.9. The molecule has 166 valence electrons. The van der Waals surface area contributed by atoms with Gasteiger partial charge >= 0.3 is 0 Å². The van der Waals surface area contributed by atoms with E-state index in [1.165, 1.54) is 16.7 Å². The van der Waals surface area contributed by atoms with E-state index in [1.807, 2.05) is 18.2 Å². The standard InChI is InChI=1S/C28H33N3O/c1-2-22-11-13-24(14-12-22)27-16-15-25(21-31(27)20-23-8-4-3-5-9-23)28(32)30-19-17-26-10-6-7-18-29-26/h3-14,18,25,27H,2,15-17,19-21H2,1H3,(H,30,32)/t25-,27-/m1/s1. The van der Waals surface area contributed by atoms with Gasteiger partial charge in [-0.05, 0) is 48.1 Å². The van der Waals surface area contributed by atoms with Crippen molar-refractivity contribution in [2.45, 2.75) is 45.2 Å². The third kappa shape index (κ3) is 5.83. The Hall–Kier alpha value is -2.98. The van der Waals surface area contributed by atoms with Gasteiger partial charge in [-0.15, -0.1) is 0 Å². The molecule has 0 bridgehead atoms. The molecule has 0 spiro atoms. The summed E-state index contributed by atoms with van der Waals surface area (Å²) in [6.45, 7) is 4.46. The number of likely N-dealkylation sites (tertiary alicyclic amines) is 1. The summed E-state index contributed by atoms with van der Waals surface area (Å²) in [5.41, 5.74) is 5.02. The number of aryl methyl sites for hydroxylation is 1. The lowest BCUT2D eigenvalue weighted by Gasteiger charge is -2.39. The quantitative estimate of drug-likeness (QED) is 0.553. The predicted octanol–water partition coefficient (Wildman–Crippen LogP) is 4.96. The van der Waals surface area contributed by atoms with Crippen LogP contribution in [0.25, 0.3) is 0 Å². The third-order valence-corrected chi connectivity index (χ3v) is 6.46. The van der Waals surface area contributed by atoms with Crippen LogP contribution >= 0.6 is 0 Å². The molecule has 2 heterocycles. The molecule has 0 saturated carbocycles. The van der Waals surface area contributed by atoms with Crippen LogP contribution in [-0.2, 0) is 24.2 Å². The van der Waals surface area contributed by atoms with Crippen LogP contribution in [-0.4, -0.2) is 28.9 Å². The number of hydrogen-bond acceptors (Lipinski definition) is 3. The Labute approximate surface area is 191 Å². The summed E-state index contributed by atoms with van der Waals surface area (Å²) in [5, 5.41) is 3.15. The van der Waals surface area contributed by atoms with Crippen molar-refractivity contribution >= 4 is 5.91 Å². The topological polar surface area (TPSA) is 45.2 Å². The van der Waals surface area contributed by atoms with Crippen LogP contribution in [0.15, 0.2) is 79.0 Å². The molecule has 4 rings (SSSR count). The molecule has 1 fully saturated rings. The molecule has 1 aromatic heterocycles. The Morgan fingerprint density at radius 2 is 1.75 bits per heavy atom. The Bertz CT molecular complexity index is 973. The maximum Gasteiger partial charge on any atom is 0.224 e. The summed E-state index contributed by atoms with van der Waals surface area (Å²) in [4.78, 5) is 19.8. The summed E-state index contributed by atoms with van der Waals surface area (Å²) >= 11 is 0. The maximum atomic E-state index is 13.0. The molecule has 1 amide bonds. The predicted molar refractivity (Wildman–Crippen MR) is 129 cm³/mol. The van der Waals surface area contributed by atoms with E-state index in [0.717, 1.165) is 44.5 Å². The van der Waals surface area contributed by atoms with Crippen LogP contribution in [0.4, 0.5) is 0 Å². The molecule has 4 nitrogen and oxygen atoms in total. The van der Waals surface area contributed by atoms with Crippen LogP contribution in [0.3, 0.4) is 0 Å². The largest absolute Gasteiger partial charge is 0.355 e. The van der Waals surface area contributed by atoms with E-state index in [2.05, 4.69) is 76.7 Å². The normalized spacial score (nSPS) is 18.9. The third-order valence-electron chi connectivity index (χ3n) is 6.46. The lowest BCUT2D eigenvalue weighted by atomic mass is 9.87. The van der Waals surface area contributed by atoms with Gasteiger partial charge in [0.05, 0.1) is 5.92 Å². The van der Waals surface area contributed by atoms with Crippen LogP contribution in [0.1, 0.15) is 48.2 Å². The lowest BCUT2D eigenvalue weighted by Crippen LogP contribution is -2.44. The molecular weight excluding hydrogens is 394 g/mol. The first-order chi connectivity index (χ1) is 15.7. The highest BCUT2D eigenvalue weighted by Crippen LogP contribution is 2.35. The van der Waals surface area contributed by atoms with Gasteiger partial charge < -0.3 is 5.32 Å². The van der Waals surface area contributed by atoms with E-state index in [4.69, 9.17) is 0 Å². The molecule has 0 aliphatic carbocycles. The highest BCUT2D eigenvalue weighted by atomic mass is 16.1. The second-order valence-electron chi connectivity index (χ2n) is 8.66. The second kappa shape index (κ2) is 11.1. The molecule has 32 heavy (non-hydrogen) atoms. The number of carbonyl (C=O) groups is 1. The Balaban J connectivity index is 1.42. The van der Waals surface area contributed by atoms with Gasteiger partial charge in [0.2, 0.25) is 5.91 Å². The smallest absolute Gasteiger partial charge is 0.224 e. The molecule has 3 aromatic rings. The molecule has 1 aliphatic rings. The van der Waals surface area contributed by atoms with Crippen molar-refractivity contribution < 1.29 is 4.79 Å². The highest BCUT2D eigenvalue weighted by molar-refractivity contribution is 5.79. The number of carbonyl (C=O) groups excluding carboxylic acids is 1. The van der Waals surface area contributed by atoms with Gasteiger partial charge in [0.25, 0.3) is 0 Å². The average molecular weight is 428 g/mol. The molecule has 0 radical (unpaired) electrons. The Morgan fingerprint density at radius 1 is 0.969 bits per heavy atom. The van der Waals surface area contributed by atoms with E-state index in [1.54, 1.807) is 6.20 Å². The number of rotatable bonds is 8. The van der Waals surface area contributed by atoms with Gasteiger partial charge in [-0.1, -0.05) is 67.6 Å². The highest BCUT2D eigenvalue weighted by Gasteiger charge is 2.32. The van der Waals surface area contributed by atoms with Crippen molar-refractivity contribution in [2.75, 3.05) is 13.1 Å². The van der Waals surface area contributed by atoms with E-state index in [-0.39, 0.29) is 11.8 Å². The lowest BCUT2D eigenvalue weighted by molar-refractivity contribution is -0.127. The van der Waals surface area contributed by atoms with E-state index in [0.29, 0.717) is 12.6 Å². The minimum atomic E-state index is 0.0219. The first-order valence-corrected chi connectivity index (χ1v) is 11.8. The van der Waals surface area contributed by atoms with Crippen molar-refractivity contribution in [1.82, 2.24) is 15.2 Å². The second-order valence-corrected chi connectivity index (χ2v) is 8.66. The van der Waals surface area contributed by atoms with Gasteiger partial charge in [0.15, 0.2) is 0 Å². The van der Waals surface area contributed by atoms with Gasteiger partial charge in [-0.3, -0.25) is 14.7 Å². The number of pyridine rings is 1. The van der Waals surface area contributed by atoms with Crippen LogP contribution in [0.5, 0.6) is 0 Å². The number of nitrogens with one attached hydrogen (secondary N) is 1. The van der Waals surface area contributed by atoms with Gasteiger partial charge in [0.1, 0.15) is 0 Å². The monoisotopic (exact) mass is 427 g/mol. The van der Waals surface area contributed by atoms with Crippen molar-refractivity contribution in [1.29, 1.82) is 0 Å². The van der Waals surface area contributed by atoms with Gasteiger partial charge in [-0.2, -0.15) is 0 Å². The molecule has 1 N–H and O–H groups in total. The summed E-state index contributed by atoms with van der Waals surface area (Å²) in [7, 11) is 0. The number of hydrogen-bond donors (Lipinski definition) is 1. The molecule has 4 heteroatoms. The molecule has 1 saturated heterocycles. The molecule has 2 atom stereocenters. The van der Waals surface area contributed by atoms with Crippen LogP contribution < -0.4 is 5.32 Å². The number of benzene rings is 2. The van der Waals surface area contributed by atoms with Crippen molar-refractivity contribution in [3.05, 3.63) is 101 Å². The number of aromatic nitrogens is 1. The molecule has 0 unspecified atom stereocenters. The molecular formula is C28H33N3O.